The molecule has 6 nitrogen and oxygen atoms in total. The highest BCUT2D eigenvalue weighted by Gasteiger charge is 2.09. The molecule has 2 rings (SSSR count). The predicted octanol–water partition coefficient (Wildman–Crippen LogP) is 1.37. The first kappa shape index (κ1) is 13.1. The number of nitrogen functional groups attached to an aromatic ring is 1. The zero-order valence-corrected chi connectivity index (χ0v) is 11.5. The van der Waals surface area contributed by atoms with Crippen LogP contribution in [-0.2, 0) is 0 Å². The van der Waals surface area contributed by atoms with E-state index in [0.717, 1.165) is 35.8 Å². The van der Waals surface area contributed by atoms with E-state index in [1.54, 1.807) is 18.0 Å². The van der Waals surface area contributed by atoms with E-state index in [2.05, 4.69) is 38.9 Å². The second-order valence-electron chi connectivity index (χ2n) is 3.89. The van der Waals surface area contributed by atoms with E-state index >= 15 is 0 Å². The Hall–Kier alpha value is -1.34. The van der Waals surface area contributed by atoms with E-state index < -0.39 is 0 Å². The van der Waals surface area contributed by atoms with E-state index in [4.69, 9.17) is 5.73 Å². The average Bonchev–Trinajstić information content (AvgIpc) is 2.82. The van der Waals surface area contributed by atoms with Gasteiger partial charge in [-0.05, 0) is 13.1 Å². The van der Waals surface area contributed by atoms with Gasteiger partial charge >= 0.3 is 0 Å². The third-order valence-electron chi connectivity index (χ3n) is 2.83. The molecule has 2 aromatic rings. The molecule has 0 amide bonds. The molecule has 0 aromatic carbocycles. The topological polar surface area (TPSA) is 83.7 Å². The molecule has 2 aromatic heterocycles. The summed E-state index contributed by atoms with van der Waals surface area (Å²) < 4.78 is 0. The molecule has 0 atom stereocenters. The first-order valence-corrected chi connectivity index (χ1v) is 7.04. The van der Waals surface area contributed by atoms with Crippen LogP contribution in [0.3, 0.4) is 0 Å². The fourth-order valence-corrected chi connectivity index (χ4v) is 2.75. The van der Waals surface area contributed by atoms with Gasteiger partial charge in [0.1, 0.15) is 5.03 Å². The Labute approximate surface area is 110 Å². The minimum absolute atomic E-state index is 0.289. The van der Waals surface area contributed by atoms with Crippen molar-refractivity contribution in [2.45, 2.75) is 18.9 Å². The van der Waals surface area contributed by atoms with Gasteiger partial charge in [0.25, 0.3) is 0 Å². The molecule has 0 spiro atoms. The summed E-state index contributed by atoms with van der Waals surface area (Å²) in [5.74, 6) is 1.27. The van der Waals surface area contributed by atoms with Crippen LogP contribution >= 0.6 is 11.8 Å². The number of aromatic amines is 1. The molecule has 0 unspecified atom stereocenters. The summed E-state index contributed by atoms with van der Waals surface area (Å²) >= 11 is 1.69. The zero-order valence-electron chi connectivity index (χ0n) is 10.7. The Morgan fingerprint density at radius 2 is 2.11 bits per heavy atom. The molecule has 98 valence electrons. The van der Waals surface area contributed by atoms with E-state index in [1.165, 1.54) is 0 Å². The van der Waals surface area contributed by atoms with Crippen LogP contribution in [0.1, 0.15) is 13.8 Å². The standard InChI is InChI=1S/C11H18N6S/c1-3-17(4-2)5-6-18-10-8-7-13-16-9(8)14-11(12)15-10/h7H,3-6H2,1-2H3,(H3,12,13,14,15,16). The third-order valence-corrected chi connectivity index (χ3v) is 3.80. The number of nitrogens with two attached hydrogens (primary N) is 1. The summed E-state index contributed by atoms with van der Waals surface area (Å²) in [7, 11) is 0. The van der Waals surface area contributed by atoms with Crippen molar-refractivity contribution in [3.63, 3.8) is 0 Å². The molecule has 7 heteroatoms. The van der Waals surface area contributed by atoms with Crippen molar-refractivity contribution in [3.8, 4) is 0 Å². The van der Waals surface area contributed by atoms with Crippen LogP contribution in [0.4, 0.5) is 5.95 Å². The smallest absolute Gasteiger partial charge is 0.223 e. The number of anilines is 1. The van der Waals surface area contributed by atoms with E-state index in [1.807, 2.05) is 0 Å². The van der Waals surface area contributed by atoms with Crippen LogP contribution in [0.25, 0.3) is 11.0 Å². The summed E-state index contributed by atoms with van der Waals surface area (Å²) in [5, 5.41) is 8.63. The van der Waals surface area contributed by atoms with Crippen LogP contribution in [-0.4, -0.2) is 50.5 Å². The number of rotatable bonds is 6. The SMILES string of the molecule is CCN(CC)CCSc1nc(N)nc2[nH]ncc12. The van der Waals surface area contributed by atoms with Gasteiger partial charge in [-0.3, -0.25) is 5.10 Å². The lowest BCUT2D eigenvalue weighted by atomic mass is 10.4. The highest BCUT2D eigenvalue weighted by molar-refractivity contribution is 7.99. The molecule has 0 radical (unpaired) electrons. The van der Waals surface area contributed by atoms with Crippen molar-refractivity contribution < 1.29 is 0 Å². The van der Waals surface area contributed by atoms with Gasteiger partial charge in [0, 0.05) is 12.3 Å². The van der Waals surface area contributed by atoms with Gasteiger partial charge in [-0.15, -0.1) is 11.8 Å². The van der Waals surface area contributed by atoms with Gasteiger partial charge < -0.3 is 10.6 Å². The molecule has 0 fully saturated rings. The fraction of sp³-hybridized carbons (Fsp3) is 0.545. The van der Waals surface area contributed by atoms with Crippen LogP contribution in [0.5, 0.6) is 0 Å². The zero-order chi connectivity index (χ0) is 13.0. The molecule has 0 bridgehead atoms. The fourth-order valence-electron chi connectivity index (χ4n) is 1.75. The maximum Gasteiger partial charge on any atom is 0.223 e. The first-order valence-electron chi connectivity index (χ1n) is 6.06. The Morgan fingerprint density at radius 1 is 1.33 bits per heavy atom. The summed E-state index contributed by atoms with van der Waals surface area (Å²) in [6, 6.07) is 0. The lowest BCUT2D eigenvalue weighted by Gasteiger charge is -2.17. The number of fused-ring (bicyclic) bond motifs is 1. The first-order chi connectivity index (χ1) is 8.74. The molecular formula is C11H18N6S. The molecular weight excluding hydrogens is 248 g/mol. The van der Waals surface area contributed by atoms with Crippen molar-refractivity contribution in [1.29, 1.82) is 0 Å². The van der Waals surface area contributed by atoms with Crippen molar-refractivity contribution in [2.75, 3.05) is 31.1 Å². The summed E-state index contributed by atoms with van der Waals surface area (Å²) in [6.45, 7) is 7.53. The van der Waals surface area contributed by atoms with Gasteiger partial charge in [-0.1, -0.05) is 13.8 Å². The van der Waals surface area contributed by atoms with Gasteiger partial charge in [0.2, 0.25) is 5.95 Å². The minimum atomic E-state index is 0.289. The van der Waals surface area contributed by atoms with Gasteiger partial charge in [-0.25, -0.2) is 4.98 Å². The second-order valence-corrected chi connectivity index (χ2v) is 4.98. The Morgan fingerprint density at radius 3 is 2.83 bits per heavy atom. The summed E-state index contributed by atoms with van der Waals surface area (Å²) in [6.07, 6.45) is 1.74. The maximum atomic E-state index is 5.67. The summed E-state index contributed by atoms with van der Waals surface area (Å²) in [5.41, 5.74) is 6.38. The van der Waals surface area contributed by atoms with Crippen LogP contribution in [0.15, 0.2) is 11.2 Å². The molecule has 0 aliphatic rings. The number of hydrogen-bond donors (Lipinski definition) is 2. The van der Waals surface area contributed by atoms with Crippen molar-refractivity contribution >= 4 is 28.7 Å². The van der Waals surface area contributed by atoms with Crippen LogP contribution in [0, 0.1) is 0 Å². The molecule has 3 N–H and O–H groups in total. The average molecular weight is 266 g/mol. The Kier molecular flexibility index (Phi) is 4.38. The molecule has 18 heavy (non-hydrogen) atoms. The monoisotopic (exact) mass is 266 g/mol. The Balaban J connectivity index is 2.05. The maximum absolute atomic E-state index is 5.67. The molecule has 2 heterocycles. The highest BCUT2D eigenvalue weighted by atomic mass is 32.2. The molecule has 0 saturated heterocycles. The Bertz CT molecular complexity index is 507. The highest BCUT2D eigenvalue weighted by Crippen LogP contribution is 2.24. The third kappa shape index (κ3) is 2.91. The number of hydrogen-bond acceptors (Lipinski definition) is 6. The number of thioether (sulfide) groups is 1. The number of nitrogens with one attached hydrogen (secondary N) is 1. The molecule has 0 aliphatic heterocycles. The second kappa shape index (κ2) is 6.01. The summed E-state index contributed by atoms with van der Waals surface area (Å²) in [4.78, 5) is 10.7. The largest absolute Gasteiger partial charge is 0.368 e. The number of nitrogens with zero attached hydrogens (tertiary/aromatic N) is 4. The van der Waals surface area contributed by atoms with Crippen molar-refractivity contribution in [3.05, 3.63) is 6.20 Å². The van der Waals surface area contributed by atoms with E-state index in [9.17, 15) is 0 Å². The van der Waals surface area contributed by atoms with Crippen LogP contribution in [0.2, 0.25) is 0 Å². The van der Waals surface area contributed by atoms with Gasteiger partial charge in [-0.2, -0.15) is 10.1 Å². The number of H-pyrrole nitrogens is 1. The van der Waals surface area contributed by atoms with Gasteiger partial charge in [0.05, 0.1) is 11.6 Å². The number of aromatic nitrogens is 4. The lowest BCUT2D eigenvalue weighted by molar-refractivity contribution is 0.324. The van der Waals surface area contributed by atoms with Gasteiger partial charge in [0.15, 0.2) is 5.65 Å². The van der Waals surface area contributed by atoms with Crippen LogP contribution < -0.4 is 5.73 Å². The predicted molar refractivity (Wildman–Crippen MR) is 74.6 cm³/mol. The minimum Gasteiger partial charge on any atom is -0.368 e. The van der Waals surface area contributed by atoms with Crippen molar-refractivity contribution in [1.82, 2.24) is 25.1 Å². The molecule has 0 saturated carbocycles. The molecule has 0 aliphatic carbocycles. The van der Waals surface area contributed by atoms with E-state index in [-0.39, 0.29) is 5.95 Å². The lowest BCUT2D eigenvalue weighted by Crippen LogP contribution is -2.25. The van der Waals surface area contributed by atoms with Crippen molar-refractivity contribution in [2.24, 2.45) is 0 Å². The quantitative estimate of drug-likeness (QED) is 0.607. The van der Waals surface area contributed by atoms with E-state index in [0.29, 0.717) is 5.65 Å². The normalized spacial score (nSPS) is 11.5.